The van der Waals surface area contributed by atoms with Gasteiger partial charge in [-0.1, -0.05) is 18.2 Å². The number of fused-ring (bicyclic) bond motifs is 2. The van der Waals surface area contributed by atoms with Gasteiger partial charge in [0.2, 0.25) is 0 Å². The lowest BCUT2D eigenvalue weighted by Gasteiger charge is -2.32. The fourth-order valence-corrected chi connectivity index (χ4v) is 9.06. The lowest BCUT2D eigenvalue weighted by Crippen LogP contribution is -2.45. The van der Waals surface area contributed by atoms with Crippen molar-refractivity contribution in [1.82, 2.24) is 15.0 Å². The molecule has 2 aliphatic rings. The average Bonchev–Trinajstić information content (AvgIpc) is 3.32. The zero-order valence-electron chi connectivity index (χ0n) is 19.2. The minimum Gasteiger partial charge on any atom is -0.432 e. The number of nitrogens with zero attached hydrogens (tertiary/aromatic N) is 4. The standard InChI is InChI=1S/C22H31BrN4O4Si/c1-13-10-16-19(17(23)11-13)26(3)21(29)22(16)14(2)20(32(4,5)30)18(31-22)6-8-27-12-15(7-9-28)24-25-27/h10-12,14,18,20,28,30H,6-9H2,1-5H3/t14-,18+,20-,22+/m1/s1. The summed E-state index contributed by atoms with van der Waals surface area (Å²) < 4.78 is 9.33. The van der Waals surface area contributed by atoms with Crippen molar-refractivity contribution in [3.8, 4) is 0 Å². The van der Waals surface area contributed by atoms with Gasteiger partial charge in [-0.25, -0.2) is 0 Å². The molecule has 2 aliphatic heterocycles. The molecule has 0 bridgehead atoms. The summed E-state index contributed by atoms with van der Waals surface area (Å²) in [4.78, 5) is 26.6. The van der Waals surface area contributed by atoms with Crippen LogP contribution in [0.2, 0.25) is 18.6 Å². The van der Waals surface area contributed by atoms with Crippen LogP contribution in [0.5, 0.6) is 0 Å². The highest BCUT2D eigenvalue weighted by Crippen LogP contribution is 2.60. The van der Waals surface area contributed by atoms with Crippen LogP contribution in [-0.2, 0) is 28.1 Å². The van der Waals surface area contributed by atoms with Gasteiger partial charge >= 0.3 is 0 Å². The van der Waals surface area contributed by atoms with E-state index in [0.717, 1.165) is 27.0 Å². The zero-order valence-corrected chi connectivity index (χ0v) is 21.8. The molecule has 174 valence electrons. The van der Waals surface area contributed by atoms with E-state index in [2.05, 4.69) is 26.2 Å². The SMILES string of the molecule is Cc1cc(Br)c2c(c1)[C@]1(O[C@@H](CCn3cc(CCO)nn3)[C@H]([Si](C)(C)O)[C@H]1C)C(=O)N2C. The Labute approximate surface area is 197 Å². The number of aliphatic hydroxyl groups excluding tert-OH is 1. The number of aryl methyl sites for hydroxylation is 2. The topological polar surface area (TPSA) is 101 Å². The molecule has 3 heterocycles. The van der Waals surface area contributed by atoms with Gasteiger partial charge < -0.3 is 19.5 Å². The molecule has 1 amide bonds. The fraction of sp³-hybridized carbons (Fsp3) is 0.591. The van der Waals surface area contributed by atoms with E-state index in [1.807, 2.05) is 45.3 Å². The maximum Gasteiger partial charge on any atom is 0.264 e. The van der Waals surface area contributed by atoms with Gasteiger partial charge in [0.05, 0.1) is 17.5 Å². The van der Waals surface area contributed by atoms with E-state index in [9.17, 15) is 9.59 Å². The van der Waals surface area contributed by atoms with Gasteiger partial charge in [0.15, 0.2) is 13.9 Å². The van der Waals surface area contributed by atoms with Gasteiger partial charge in [0, 0.05) is 54.3 Å². The number of rotatable bonds is 6. The Morgan fingerprint density at radius 1 is 1.34 bits per heavy atom. The van der Waals surface area contributed by atoms with Crippen LogP contribution in [0, 0.1) is 12.8 Å². The average molecular weight is 524 g/mol. The largest absolute Gasteiger partial charge is 0.432 e. The second-order valence-electron chi connectivity index (χ2n) is 9.60. The first-order valence-electron chi connectivity index (χ1n) is 11.0. The number of carbonyl (C=O) groups is 1. The number of aromatic nitrogens is 3. The number of hydrogen-bond donors (Lipinski definition) is 2. The molecule has 4 rings (SSSR count). The Balaban J connectivity index is 1.70. The van der Waals surface area contributed by atoms with Crippen LogP contribution in [0.1, 0.15) is 30.2 Å². The van der Waals surface area contributed by atoms with E-state index in [0.29, 0.717) is 19.4 Å². The molecule has 0 saturated carbocycles. The van der Waals surface area contributed by atoms with Crippen LogP contribution >= 0.6 is 15.9 Å². The van der Waals surface area contributed by atoms with Crippen LogP contribution in [0.4, 0.5) is 5.69 Å². The highest BCUT2D eigenvalue weighted by Gasteiger charge is 2.65. The third-order valence-electron chi connectivity index (χ3n) is 6.90. The van der Waals surface area contributed by atoms with Gasteiger partial charge in [-0.15, -0.1) is 5.10 Å². The number of halogens is 1. The molecule has 1 aromatic carbocycles. The van der Waals surface area contributed by atoms with Crippen molar-refractivity contribution in [2.75, 3.05) is 18.6 Å². The van der Waals surface area contributed by atoms with Crippen LogP contribution in [0.25, 0.3) is 0 Å². The molecular weight excluding hydrogens is 492 g/mol. The molecule has 1 aromatic heterocycles. The van der Waals surface area contributed by atoms with Crippen LogP contribution in [0.3, 0.4) is 0 Å². The number of carbonyl (C=O) groups excluding carboxylic acids is 1. The maximum atomic E-state index is 13.7. The molecule has 8 nitrogen and oxygen atoms in total. The molecule has 2 aromatic rings. The summed E-state index contributed by atoms with van der Waals surface area (Å²) in [6, 6.07) is 4.05. The van der Waals surface area contributed by atoms with Gasteiger partial charge in [-0.05, 0) is 54.0 Å². The van der Waals surface area contributed by atoms with Crippen molar-refractivity contribution in [3.63, 3.8) is 0 Å². The molecule has 1 fully saturated rings. The molecule has 4 atom stereocenters. The molecule has 0 radical (unpaired) electrons. The second-order valence-corrected chi connectivity index (χ2v) is 14.4. The smallest absolute Gasteiger partial charge is 0.264 e. The van der Waals surface area contributed by atoms with Gasteiger partial charge in [0.1, 0.15) is 0 Å². The second kappa shape index (κ2) is 8.32. The van der Waals surface area contributed by atoms with E-state index >= 15 is 0 Å². The number of ether oxygens (including phenoxy) is 1. The summed E-state index contributed by atoms with van der Waals surface area (Å²) in [7, 11) is -0.890. The molecule has 10 heteroatoms. The van der Waals surface area contributed by atoms with Gasteiger partial charge in [-0.3, -0.25) is 9.48 Å². The minimum atomic E-state index is -2.68. The van der Waals surface area contributed by atoms with E-state index in [-0.39, 0.29) is 30.1 Å². The molecular formula is C22H31BrN4O4Si. The lowest BCUT2D eigenvalue weighted by molar-refractivity contribution is -0.145. The molecule has 1 spiro atoms. The predicted molar refractivity (Wildman–Crippen MR) is 127 cm³/mol. The number of amides is 1. The number of likely N-dealkylation sites (N-methyl/N-ethyl adjacent to an activating group) is 1. The van der Waals surface area contributed by atoms with Gasteiger partial charge in [-0.2, -0.15) is 0 Å². The van der Waals surface area contributed by atoms with Crippen molar-refractivity contribution in [3.05, 3.63) is 39.6 Å². The third-order valence-corrected chi connectivity index (χ3v) is 10.0. The lowest BCUT2D eigenvalue weighted by atomic mass is 9.82. The van der Waals surface area contributed by atoms with E-state index in [1.165, 1.54) is 0 Å². The number of aliphatic hydroxyl groups is 1. The molecule has 1 saturated heterocycles. The van der Waals surface area contributed by atoms with Crippen molar-refractivity contribution in [2.24, 2.45) is 5.92 Å². The first-order valence-corrected chi connectivity index (χ1v) is 14.8. The Hall–Kier alpha value is -1.59. The van der Waals surface area contributed by atoms with Crippen LogP contribution in [0.15, 0.2) is 22.8 Å². The number of benzene rings is 1. The predicted octanol–water partition coefficient (Wildman–Crippen LogP) is 2.75. The Morgan fingerprint density at radius 3 is 2.72 bits per heavy atom. The molecule has 2 N–H and O–H groups in total. The summed E-state index contributed by atoms with van der Waals surface area (Å²) in [6.07, 6.45) is 2.61. The Bertz CT molecular complexity index is 1040. The highest BCUT2D eigenvalue weighted by molar-refractivity contribution is 9.10. The summed E-state index contributed by atoms with van der Waals surface area (Å²) in [6.45, 7) is 8.49. The quantitative estimate of drug-likeness (QED) is 0.565. The normalized spacial score (nSPS) is 27.6. The summed E-state index contributed by atoms with van der Waals surface area (Å²) in [5.74, 6) is -0.257. The number of hydrogen-bond acceptors (Lipinski definition) is 6. The highest BCUT2D eigenvalue weighted by atomic mass is 79.9. The first kappa shape index (κ1) is 23.6. The van der Waals surface area contributed by atoms with Crippen molar-refractivity contribution in [1.29, 1.82) is 0 Å². The summed E-state index contributed by atoms with van der Waals surface area (Å²) in [5.41, 5.74) is 2.28. The third kappa shape index (κ3) is 3.65. The van der Waals surface area contributed by atoms with Crippen molar-refractivity contribution < 1.29 is 19.4 Å². The molecule has 32 heavy (non-hydrogen) atoms. The molecule has 0 unspecified atom stereocenters. The Morgan fingerprint density at radius 2 is 2.06 bits per heavy atom. The number of anilines is 1. The zero-order chi connectivity index (χ0) is 23.4. The van der Waals surface area contributed by atoms with Crippen molar-refractivity contribution >= 4 is 35.8 Å². The summed E-state index contributed by atoms with van der Waals surface area (Å²) >= 11 is 3.64. The van der Waals surface area contributed by atoms with Crippen molar-refractivity contribution in [2.45, 2.75) is 63.6 Å². The fourth-order valence-electron chi connectivity index (χ4n) is 5.61. The maximum absolute atomic E-state index is 13.7. The van der Waals surface area contributed by atoms with Gasteiger partial charge in [0.25, 0.3) is 5.91 Å². The molecule has 0 aliphatic carbocycles. The minimum absolute atomic E-state index is 0.0286. The summed E-state index contributed by atoms with van der Waals surface area (Å²) in [5, 5.41) is 17.3. The van der Waals surface area contributed by atoms with Crippen LogP contribution in [-0.4, -0.2) is 58.9 Å². The monoisotopic (exact) mass is 522 g/mol. The first-order chi connectivity index (χ1) is 15.0. The Kier molecular flexibility index (Phi) is 6.13. The van der Waals surface area contributed by atoms with E-state index < -0.39 is 13.9 Å². The van der Waals surface area contributed by atoms with E-state index in [1.54, 1.807) is 16.6 Å². The van der Waals surface area contributed by atoms with E-state index in [4.69, 9.17) is 9.84 Å². The van der Waals surface area contributed by atoms with Crippen LogP contribution < -0.4 is 4.90 Å².